The number of hydrogen-bond donors (Lipinski definition) is 0. The second-order valence-electron chi connectivity index (χ2n) is 22.2. The summed E-state index contributed by atoms with van der Waals surface area (Å²) in [4.78, 5) is 7.14. The first-order valence-corrected chi connectivity index (χ1v) is 25.5. The maximum absolute atomic E-state index is 9.61. The first-order valence-electron chi connectivity index (χ1n) is 30.5. The van der Waals surface area contributed by atoms with Crippen LogP contribution in [-0.2, 0) is 22.9 Å². The largest absolute Gasteiger partial charge is 0.457 e. The van der Waals surface area contributed by atoms with E-state index in [0.717, 1.165) is 87.9 Å². The van der Waals surface area contributed by atoms with Gasteiger partial charge in [-0.05, 0) is 120 Å². The Morgan fingerprint density at radius 1 is 0.527 bits per heavy atom. The van der Waals surface area contributed by atoms with Gasteiger partial charge in [0.25, 0.3) is 0 Å². The van der Waals surface area contributed by atoms with Gasteiger partial charge < -0.3 is 14.2 Å². The Morgan fingerprint density at radius 2 is 1.15 bits per heavy atom. The summed E-state index contributed by atoms with van der Waals surface area (Å²) in [5.74, 6) is 1.04. The lowest BCUT2D eigenvalue weighted by molar-refractivity contribution is 0.483. The summed E-state index contributed by atoms with van der Waals surface area (Å²) in [6.07, 6.45) is 1.87. The molecule has 5 nitrogen and oxygen atoms in total. The van der Waals surface area contributed by atoms with E-state index in [1.807, 2.05) is 114 Å². The van der Waals surface area contributed by atoms with E-state index < -0.39 is 37.3 Å². The molecule has 1 aliphatic heterocycles. The Kier molecular flexibility index (Phi) is 8.67. The number of benzene rings is 8. The van der Waals surface area contributed by atoms with Gasteiger partial charge in [-0.2, -0.15) is 0 Å². The molecule has 0 saturated carbocycles. The molecule has 11 aromatic rings. The van der Waals surface area contributed by atoms with Crippen LogP contribution in [0.2, 0.25) is 0 Å². The van der Waals surface area contributed by atoms with Gasteiger partial charge in [0.1, 0.15) is 24.0 Å². The predicted molar refractivity (Wildman–Crippen MR) is 315 cm³/mol. The minimum absolute atomic E-state index is 0.0885. The van der Waals surface area contributed by atoms with Gasteiger partial charge in [0.2, 0.25) is 0 Å². The van der Waals surface area contributed by atoms with Gasteiger partial charge in [-0.3, -0.25) is 4.57 Å². The van der Waals surface area contributed by atoms with E-state index >= 15 is 0 Å². The fraction of sp³-hybridized carbons (Fsp3) is 0.232. The van der Waals surface area contributed by atoms with Crippen molar-refractivity contribution in [2.45, 2.75) is 105 Å². The van der Waals surface area contributed by atoms with Crippen LogP contribution < -0.4 is 9.64 Å². The van der Waals surface area contributed by atoms with Crippen molar-refractivity contribution in [1.82, 2.24) is 14.1 Å². The Bertz CT molecular complexity index is 4510. The van der Waals surface area contributed by atoms with Gasteiger partial charge in [-0.25, -0.2) is 4.98 Å². The van der Waals surface area contributed by atoms with E-state index in [9.17, 15) is 1.37 Å². The van der Waals surface area contributed by atoms with E-state index in [0.29, 0.717) is 28.2 Å². The molecule has 0 N–H and O–H groups in total. The van der Waals surface area contributed by atoms with Gasteiger partial charge in [-0.15, -0.1) is 0 Å². The van der Waals surface area contributed by atoms with Crippen molar-refractivity contribution in [3.63, 3.8) is 0 Å². The zero-order valence-corrected chi connectivity index (χ0v) is 43.2. The SMILES string of the molecule is [2H]C(C)(C)c1cccc2c3cccc4c3n(c3c(-c5cc(C(C)(C)C)cc(C(C([2H])([2H])[2H])(C([2H])([2H])[2H])C([2H])([2H])[2H])c5)cccc3c3ccccc3c12)CN4c1cccc(Oc2ccc3c4ccccc4n(-c4cc(C(C)(C)C)ccn4)c3c2)c1. The minimum Gasteiger partial charge on any atom is -0.457 e. The number of hydrogen-bond acceptors (Lipinski definition) is 3. The average molecular weight is 977 g/mol. The van der Waals surface area contributed by atoms with Crippen LogP contribution in [0.3, 0.4) is 0 Å². The van der Waals surface area contributed by atoms with Crippen molar-refractivity contribution in [3.05, 3.63) is 204 Å². The molecule has 5 heteroatoms. The Balaban J connectivity index is 1.12. The third-order valence-corrected chi connectivity index (χ3v) is 14.9. The van der Waals surface area contributed by atoms with Crippen LogP contribution in [0, 0.1) is 0 Å². The molecule has 1 aliphatic rings. The molecule has 0 unspecified atom stereocenters. The van der Waals surface area contributed by atoms with Crippen molar-refractivity contribution >= 4 is 76.5 Å². The molecule has 4 heterocycles. The fourth-order valence-electron chi connectivity index (χ4n) is 11.2. The lowest BCUT2D eigenvalue weighted by atomic mass is 9.78. The second kappa shape index (κ2) is 17.4. The van der Waals surface area contributed by atoms with E-state index in [2.05, 4.69) is 126 Å². The van der Waals surface area contributed by atoms with E-state index in [4.69, 9.17) is 22.1 Å². The van der Waals surface area contributed by atoms with Gasteiger partial charge in [0, 0.05) is 64.8 Å². The van der Waals surface area contributed by atoms with Crippen LogP contribution in [0.25, 0.3) is 82.1 Å². The number of aromatic nitrogens is 3. The quantitative estimate of drug-likeness (QED) is 0.167. The number of fused-ring (bicyclic) bond motifs is 10. The molecule has 8 aromatic carbocycles. The Hall–Kier alpha value is -7.89. The lowest BCUT2D eigenvalue weighted by Crippen LogP contribution is -2.17. The zero-order valence-electron chi connectivity index (χ0n) is 53.2. The highest BCUT2D eigenvalue weighted by atomic mass is 16.5. The van der Waals surface area contributed by atoms with Gasteiger partial charge in [0.15, 0.2) is 0 Å². The normalized spacial score (nSPS) is 15.8. The Labute approximate surface area is 450 Å². The third kappa shape index (κ3) is 7.96. The van der Waals surface area contributed by atoms with Crippen LogP contribution in [0.4, 0.5) is 11.4 Å². The number of anilines is 2. The third-order valence-electron chi connectivity index (χ3n) is 14.9. The van der Waals surface area contributed by atoms with Crippen molar-refractivity contribution in [3.8, 4) is 28.4 Å². The van der Waals surface area contributed by atoms with Crippen molar-refractivity contribution < 1.29 is 18.4 Å². The van der Waals surface area contributed by atoms with Crippen LogP contribution in [0.5, 0.6) is 11.5 Å². The standard InChI is InChI=1S/C69H66N4O/c1-43(2)51-25-17-27-57-59-29-19-31-61-66(59)72(65-52(26-18-28-58(65)53-22-12-13-24-56(53)64(51)57)44-36-46(68(6,7)8)38-47(37-44)69(9,10)11)42-71(61)48-20-16-21-49(40-48)74-50-32-33-55-54-23-14-15-30-60(54)73(62(55)41-50)63-39-45(34-35-70-63)67(3,4)5/h12-41,43H,42H2,1-11H3/i6D3,7D3,8D3,43D. The number of ether oxygens (including phenoxy) is 1. The highest BCUT2D eigenvalue weighted by Crippen LogP contribution is 2.47. The highest BCUT2D eigenvalue weighted by molar-refractivity contribution is 6.23. The smallest absolute Gasteiger partial charge is 0.137 e. The summed E-state index contributed by atoms with van der Waals surface area (Å²) >= 11 is 0. The van der Waals surface area contributed by atoms with E-state index in [1.165, 1.54) is 17.7 Å². The number of para-hydroxylation sites is 3. The Morgan fingerprint density at radius 3 is 1.91 bits per heavy atom. The van der Waals surface area contributed by atoms with E-state index in [1.54, 1.807) is 0 Å². The first kappa shape index (κ1) is 36.9. The summed E-state index contributed by atoms with van der Waals surface area (Å²) in [6, 6.07) is 58.3. The van der Waals surface area contributed by atoms with Crippen molar-refractivity contribution in [2.75, 3.05) is 4.90 Å². The van der Waals surface area contributed by atoms with E-state index in [-0.39, 0.29) is 17.6 Å². The summed E-state index contributed by atoms with van der Waals surface area (Å²) in [6.45, 7) is 6.04. The molecule has 0 spiro atoms. The molecule has 74 heavy (non-hydrogen) atoms. The summed E-state index contributed by atoms with van der Waals surface area (Å²) in [5.41, 5.74) is 4.62. The molecule has 0 amide bonds. The maximum Gasteiger partial charge on any atom is 0.137 e. The minimum atomic E-state index is -3.49. The molecule has 12 rings (SSSR count). The van der Waals surface area contributed by atoms with Gasteiger partial charge >= 0.3 is 0 Å². The summed E-state index contributed by atoms with van der Waals surface area (Å²) < 4.78 is 101. The maximum atomic E-state index is 9.61. The fourth-order valence-corrected chi connectivity index (χ4v) is 11.2. The number of pyridine rings is 1. The monoisotopic (exact) mass is 977 g/mol. The summed E-state index contributed by atoms with van der Waals surface area (Å²) in [7, 11) is 0. The van der Waals surface area contributed by atoms with Crippen LogP contribution in [-0.4, -0.2) is 14.1 Å². The molecular formula is C69H66N4O. The summed E-state index contributed by atoms with van der Waals surface area (Å²) in [5, 5.41) is 7.52. The predicted octanol–water partition coefficient (Wildman–Crippen LogP) is 19.3. The highest BCUT2D eigenvalue weighted by Gasteiger charge is 2.28. The molecule has 368 valence electrons. The molecule has 0 atom stereocenters. The molecule has 0 aliphatic carbocycles. The zero-order chi connectivity index (χ0) is 59.8. The molecule has 0 fully saturated rings. The molecule has 3 aromatic heterocycles. The average Bonchev–Trinajstić information content (AvgIpc) is 0.977. The van der Waals surface area contributed by atoms with Crippen LogP contribution in [0.15, 0.2) is 182 Å². The van der Waals surface area contributed by atoms with Crippen molar-refractivity contribution in [2.24, 2.45) is 0 Å². The molecular weight excluding hydrogens is 901 g/mol. The van der Waals surface area contributed by atoms with Gasteiger partial charge in [0.05, 0.1) is 27.8 Å². The molecule has 0 radical (unpaired) electrons. The number of nitrogens with zero attached hydrogens (tertiary/aromatic N) is 4. The van der Waals surface area contributed by atoms with Gasteiger partial charge in [-0.1, -0.05) is 191 Å². The topological polar surface area (TPSA) is 35.2 Å². The first-order chi connectivity index (χ1) is 39.5. The molecule has 0 bridgehead atoms. The van der Waals surface area contributed by atoms with Crippen molar-refractivity contribution in [1.29, 1.82) is 0 Å². The number of rotatable bonds is 6. The van der Waals surface area contributed by atoms with Crippen LogP contribution in [0.1, 0.15) is 118 Å². The second-order valence-corrected chi connectivity index (χ2v) is 22.2. The van der Waals surface area contributed by atoms with Crippen LogP contribution >= 0.6 is 0 Å². The lowest BCUT2D eigenvalue weighted by Gasteiger charge is -2.27. The molecule has 0 saturated heterocycles.